The molecule has 0 spiro atoms. The van der Waals surface area contributed by atoms with E-state index in [9.17, 15) is 0 Å². The lowest BCUT2D eigenvalue weighted by Gasteiger charge is -2.08. The number of aromatic nitrogens is 2. The molecule has 3 nitrogen and oxygen atoms in total. The molecule has 14 heavy (non-hydrogen) atoms. The van der Waals surface area contributed by atoms with Gasteiger partial charge in [0.05, 0.1) is 6.04 Å². The van der Waals surface area contributed by atoms with E-state index in [4.69, 9.17) is 0 Å². The van der Waals surface area contributed by atoms with Crippen LogP contribution in [0.2, 0.25) is 0 Å². The Morgan fingerprint density at radius 2 is 2.07 bits per heavy atom. The SMILES string of the molecule is CC(NCc1nccs1)c1nccs1. The molecular formula is C9H11N3S2. The van der Waals surface area contributed by atoms with Gasteiger partial charge < -0.3 is 5.32 Å². The van der Waals surface area contributed by atoms with Crippen molar-refractivity contribution >= 4 is 22.7 Å². The van der Waals surface area contributed by atoms with Crippen molar-refractivity contribution in [3.05, 3.63) is 33.2 Å². The molecule has 2 rings (SSSR count). The molecule has 0 aliphatic rings. The summed E-state index contributed by atoms with van der Waals surface area (Å²) in [6.45, 7) is 2.94. The van der Waals surface area contributed by atoms with Gasteiger partial charge in [-0.2, -0.15) is 0 Å². The second-order valence-corrected chi connectivity index (χ2v) is 4.80. The summed E-state index contributed by atoms with van der Waals surface area (Å²) in [6, 6.07) is 0.305. The highest BCUT2D eigenvalue weighted by molar-refractivity contribution is 7.09. The number of nitrogens with zero attached hydrogens (tertiary/aromatic N) is 2. The summed E-state index contributed by atoms with van der Waals surface area (Å²) < 4.78 is 0. The normalized spacial score (nSPS) is 12.9. The average Bonchev–Trinajstić information content (AvgIpc) is 2.87. The molecule has 5 heteroatoms. The van der Waals surface area contributed by atoms with Crippen molar-refractivity contribution < 1.29 is 0 Å². The minimum absolute atomic E-state index is 0.305. The maximum atomic E-state index is 4.26. The van der Waals surface area contributed by atoms with E-state index in [0.717, 1.165) is 16.6 Å². The first-order valence-electron chi connectivity index (χ1n) is 4.37. The molecule has 0 aromatic carbocycles. The van der Waals surface area contributed by atoms with E-state index in [-0.39, 0.29) is 0 Å². The highest BCUT2D eigenvalue weighted by Gasteiger charge is 2.07. The third-order valence-electron chi connectivity index (χ3n) is 1.86. The summed E-state index contributed by atoms with van der Waals surface area (Å²) in [5, 5.41) is 9.62. The molecule has 0 amide bonds. The molecule has 2 aromatic heterocycles. The zero-order valence-electron chi connectivity index (χ0n) is 7.80. The molecule has 0 radical (unpaired) electrons. The highest BCUT2D eigenvalue weighted by atomic mass is 32.1. The summed E-state index contributed by atoms with van der Waals surface area (Å²) in [5.74, 6) is 0. The zero-order chi connectivity index (χ0) is 9.80. The molecular weight excluding hydrogens is 214 g/mol. The lowest BCUT2D eigenvalue weighted by molar-refractivity contribution is 0.570. The van der Waals surface area contributed by atoms with Crippen LogP contribution >= 0.6 is 22.7 Å². The van der Waals surface area contributed by atoms with Crippen LogP contribution in [0, 0.1) is 0 Å². The van der Waals surface area contributed by atoms with Gasteiger partial charge in [0.25, 0.3) is 0 Å². The van der Waals surface area contributed by atoms with Crippen LogP contribution in [0.4, 0.5) is 0 Å². The van der Waals surface area contributed by atoms with Gasteiger partial charge in [-0.1, -0.05) is 0 Å². The summed E-state index contributed by atoms with van der Waals surface area (Å²) >= 11 is 3.35. The third-order valence-corrected chi connectivity index (χ3v) is 3.60. The van der Waals surface area contributed by atoms with Crippen molar-refractivity contribution in [2.45, 2.75) is 19.5 Å². The van der Waals surface area contributed by atoms with Gasteiger partial charge in [0.1, 0.15) is 10.0 Å². The topological polar surface area (TPSA) is 37.8 Å². The molecule has 0 fully saturated rings. The van der Waals surface area contributed by atoms with Gasteiger partial charge in [-0.05, 0) is 6.92 Å². The molecule has 1 atom stereocenters. The van der Waals surface area contributed by atoms with Crippen molar-refractivity contribution in [3.8, 4) is 0 Å². The largest absolute Gasteiger partial charge is 0.302 e. The Morgan fingerprint density at radius 3 is 2.71 bits per heavy atom. The first-order chi connectivity index (χ1) is 6.86. The first-order valence-corrected chi connectivity index (χ1v) is 6.13. The Bertz CT molecular complexity index is 355. The minimum atomic E-state index is 0.305. The third kappa shape index (κ3) is 2.37. The fourth-order valence-corrected chi connectivity index (χ4v) is 2.35. The van der Waals surface area contributed by atoms with Crippen LogP contribution in [0.25, 0.3) is 0 Å². The Labute approximate surface area is 90.9 Å². The standard InChI is InChI=1S/C9H11N3S2/c1-7(9-11-3-5-14-9)12-6-8-10-2-4-13-8/h2-5,7,12H,6H2,1H3. The fraction of sp³-hybridized carbons (Fsp3) is 0.333. The van der Waals surface area contributed by atoms with Crippen molar-refractivity contribution in [3.63, 3.8) is 0 Å². The Kier molecular flexibility index (Phi) is 3.23. The van der Waals surface area contributed by atoms with Gasteiger partial charge >= 0.3 is 0 Å². The quantitative estimate of drug-likeness (QED) is 0.868. The summed E-state index contributed by atoms with van der Waals surface area (Å²) in [6.07, 6.45) is 3.66. The molecule has 0 aliphatic carbocycles. The van der Waals surface area contributed by atoms with Gasteiger partial charge in [-0.25, -0.2) is 9.97 Å². The number of nitrogens with one attached hydrogen (secondary N) is 1. The Morgan fingerprint density at radius 1 is 1.29 bits per heavy atom. The van der Waals surface area contributed by atoms with Crippen LogP contribution in [0.15, 0.2) is 23.2 Å². The van der Waals surface area contributed by atoms with Crippen molar-refractivity contribution in [2.75, 3.05) is 0 Å². The Hall–Kier alpha value is -0.780. The molecule has 0 saturated carbocycles. The molecule has 0 saturated heterocycles. The average molecular weight is 225 g/mol. The highest BCUT2D eigenvalue weighted by Crippen LogP contribution is 2.15. The van der Waals surface area contributed by atoms with Crippen LogP contribution in [0.5, 0.6) is 0 Å². The van der Waals surface area contributed by atoms with E-state index in [1.165, 1.54) is 0 Å². The second-order valence-electron chi connectivity index (χ2n) is 2.90. The Balaban J connectivity index is 1.87. The number of hydrogen-bond donors (Lipinski definition) is 1. The van der Waals surface area contributed by atoms with E-state index < -0.39 is 0 Å². The predicted octanol–water partition coefficient (Wildman–Crippen LogP) is 2.45. The first kappa shape index (κ1) is 9.76. The molecule has 2 heterocycles. The molecule has 1 unspecified atom stereocenters. The predicted molar refractivity (Wildman–Crippen MR) is 59.5 cm³/mol. The maximum Gasteiger partial charge on any atom is 0.109 e. The molecule has 74 valence electrons. The molecule has 2 aromatic rings. The van der Waals surface area contributed by atoms with Crippen LogP contribution in [0.3, 0.4) is 0 Å². The summed E-state index contributed by atoms with van der Waals surface area (Å²) in [4.78, 5) is 8.46. The van der Waals surface area contributed by atoms with Gasteiger partial charge in [0.15, 0.2) is 0 Å². The van der Waals surface area contributed by atoms with E-state index in [1.54, 1.807) is 22.7 Å². The summed E-state index contributed by atoms with van der Waals surface area (Å²) in [5.41, 5.74) is 0. The van der Waals surface area contributed by atoms with E-state index >= 15 is 0 Å². The monoisotopic (exact) mass is 225 g/mol. The molecule has 1 N–H and O–H groups in total. The smallest absolute Gasteiger partial charge is 0.109 e. The number of hydrogen-bond acceptors (Lipinski definition) is 5. The molecule has 0 bridgehead atoms. The minimum Gasteiger partial charge on any atom is -0.302 e. The fourth-order valence-electron chi connectivity index (χ4n) is 1.12. The van der Waals surface area contributed by atoms with E-state index in [1.807, 2.05) is 23.2 Å². The van der Waals surface area contributed by atoms with Crippen LogP contribution in [-0.2, 0) is 6.54 Å². The maximum absolute atomic E-state index is 4.26. The van der Waals surface area contributed by atoms with E-state index in [2.05, 4.69) is 22.2 Å². The number of thiazole rings is 2. The second kappa shape index (κ2) is 4.63. The van der Waals surface area contributed by atoms with Crippen LogP contribution in [-0.4, -0.2) is 9.97 Å². The van der Waals surface area contributed by atoms with Gasteiger partial charge in [-0.3, -0.25) is 0 Å². The molecule has 0 aliphatic heterocycles. The lowest BCUT2D eigenvalue weighted by atomic mass is 10.3. The van der Waals surface area contributed by atoms with Gasteiger partial charge in [-0.15, -0.1) is 22.7 Å². The van der Waals surface area contributed by atoms with Crippen LogP contribution in [0.1, 0.15) is 23.0 Å². The van der Waals surface area contributed by atoms with Crippen molar-refractivity contribution in [1.82, 2.24) is 15.3 Å². The summed E-state index contributed by atoms with van der Waals surface area (Å²) in [7, 11) is 0. The number of rotatable bonds is 4. The zero-order valence-corrected chi connectivity index (χ0v) is 9.44. The van der Waals surface area contributed by atoms with Crippen LogP contribution < -0.4 is 5.32 Å². The van der Waals surface area contributed by atoms with E-state index in [0.29, 0.717) is 6.04 Å². The van der Waals surface area contributed by atoms with Gasteiger partial charge in [0.2, 0.25) is 0 Å². The van der Waals surface area contributed by atoms with Crippen molar-refractivity contribution in [1.29, 1.82) is 0 Å². The van der Waals surface area contributed by atoms with Crippen molar-refractivity contribution in [2.24, 2.45) is 0 Å². The lowest BCUT2D eigenvalue weighted by Crippen LogP contribution is -2.17. The van der Waals surface area contributed by atoms with Gasteiger partial charge in [0, 0.05) is 29.7 Å².